The Morgan fingerprint density at radius 3 is 2.80 bits per heavy atom. The Labute approximate surface area is 130 Å². The topological polar surface area (TPSA) is 64.3 Å². The van der Waals surface area contributed by atoms with Crippen LogP contribution in [0.25, 0.3) is 0 Å². The maximum Gasteiger partial charge on any atom is 0.262 e. The normalized spacial score (nSPS) is 10.1. The molecule has 20 heavy (non-hydrogen) atoms. The van der Waals surface area contributed by atoms with Crippen molar-refractivity contribution in [1.29, 1.82) is 0 Å². The summed E-state index contributed by atoms with van der Waals surface area (Å²) < 4.78 is 6.16. The van der Waals surface area contributed by atoms with Crippen molar-refractivity contribution in [2.75, 3.05) is 17.7 Å². The van der Waals surface area contributed by atoms with Gasteiger partial charge in [0.05, 0.1) is 11.4 Å². The molecule has 0 fully saturated rings. The van der Waals surface area contributed by atoms with Gasteiger partial charge in [0.1, 0.15) is 5.75 Å². The molecule has 0 aliphatic rings. The quantitative estimate of drug-likeness (QED) is 0.822. The lowest BCUT2D eigenvalue weighted by atomic mass is 10.3. The third-order valence-electron chi connectivity index (χ3n) is 2.48. The molecule has 2 aromatic rings. The number of anilines is 2. The largest absolute Gasteiger partial charge is 0.482 e. The van der Waals surface area contributed by atoms with Crippen molar-refractivity contribution >= 4 is 44.8 Å². The monoisotopic (exact) mass is 354 g/mol. The molecule has 0 aliphatic carbocycles. The summed E-state index contributed by atoms with van der Waals surface area (Å²) in [6, 6.07) is 12.2. The number of ether oxygens (including phenoxy) is 1. The van der Waals surface area contributed by atoms with Crippen molar-refractivity contribution in [2.45, 2.75) is 0 Å². The molecule has 0 heterocycles. The minimum atomic E-state index is -0.281. The van der Waals surface area contributed by atoms with E-state index in [0.717, 1.165) is 4.47 Å². The molecule has 0 saturated heterocycles. The Morgan fingerprint density at radius 1 is 1.30 bits per heavy atom. The van der Waals surface area contributed by atoms with Gasteiger partial charge < -0.3 is 15.8 Å². The Balaban J connectivity index is 1.96. The van der Waals surface area contributed by atoms with Crippen LogP contribution in [0, 0.1) is 0 Å². The molecule has 0 atom stereocenters. The Hall–Kier alpha value is -1.72. The number of carbonyl (C=O) groups excluding carboxylic acids is 1. The van der Waals surface area contributed by atoms with Crippen molar-refractivity contribution in [3.05, 3.63) is 52.0 Å². The van der Waals surface area contributed by atoms with E-state index in [1.54, 1.807) is 24.3 Å². The predicted molar refractivity (Wildman–Crippen MR) is 84.1 cm³/mol. The molecule has 0 aliphatic heterocycles. The zero-order chi connectivity index (χ0) is 14.5. The van der Waals surface area contributed by atoms with Crippen LogP contribution in [-0.2, 0) is 4.79 Å². The van der Waals surface area contributed by atoms with Crippen LogP contribution in [0.2, 0.25) is 5.02 Å². The number of para-hydroxylation sites is 1. The number of amides is 1. The molecule has 1 amide bonds. The Morgan fingerprint density at radius 2 is 2.05 bits per heavy atom. The summed E-state index contributed by atoms with van der Waals surface area (Å²) in [5, 5.41) is 3.23. The highest BCUT2D eigenvalue weighted by molar-refractivity contribution is 9.10. The molecule has 6 heteroatoms. The first-order valence-corrected chi connectivity index (χ1v) is 6.95. The van der Waals surface area contributed by atoms with E-state index in [9.17, 15) is 4.79 Å². The number of carbonyl (C=O) groups is 1. The zero-order valence-corrected chi connectivity index (χ0v) is 12.7. The smallest absolute Gasteiger partial charge is 0.262 e. The number of nitrogen functional groups attached to an aromatic ring is 1. The van der Waals surface area contributed by atoms with Crippen LogP contribution in [0.1, 0.15) is 0 Å². The Bertz CT molecular complexity index is 634. The van der Waals surface area contributed by atoms with Crippen molar-refractivity contribution < 1.29 is 9.53 Å². The Kier molecular flexibility index (Phi) is 4.87. The number of rotatable bonds is 4. The molecule has 0 aromatic heterocycles. The van der Waals surface area contributed by atoms with E-state index < -0.39 is 0 Å². The maximum absolute atomic E-state index is 11.8. The molecule has 0 saturated carbocycles. The van der Waals surface area contributed by atoms with Gasteiger partial charge in [-0.15, -0.1) is 0 Å². The number of nitrogens with one attached hydrogen (secondary N) is 1. The summed E-state index contributed by atoms with van der Waals surface area (Å²) in [6.45, 7) is -0.147. The average molecular weight is 356 g/mol. The van der Waals surface area contributed by atoms with Gasteiger partial charge in [-0.25, -0.2) is 0 Å². The predicted octanol–water partition coefficient (Wildman–Crippen LogP) is 3.70. The van der Waals surface area contributed by atoms with E-state index in [4.69, 9.17) is 22.1 Å². The number of halogens is 2. The van der Waals surface area contributed by atoms with Crippen LogP contribution in [0.15, 0.2) is 46.9 Å². The molecule has 0 unspecified atom stereocenters. The molecule has 2 aromatic carbocycles. The lowest BCUT2D eigenvalue weighted by Crippen LogP contribution is -2.20. The van der Waals surface area contributed by atoms with Gasteiger partial charge in [-0.3, -0.25) is 4.79 Å². The van der Waals surface area contributed by atoms with Gasteiger partial charge in [0, 0.05) is 15.6 Å². The molecule has 2 rings (SSSR count). The first-order valence-electron chi connectivity index (χ1n) is 5.78. The highest BCUT2D eigenvalue weighted by Gasteiger charge is 2.08. The third-order valence-corrected chi connectivity index (χ3v) is 3.41. The number of benzene rings is 2. The van der Waals surface area contributed by atoms with E-state index >= 15 is 0 Å². The van der Waals surface area contributed by atoms with Gasteiger partial charge in [-0.1, -0.05) is 23.7 Å². The molecule has 0 radical (unpaired) electrons. The molecule has 4 nitrogen and oxygen atoms in total. The van der Waals surface area contributed by atoms with Crippen molar-refractivity contribution in [2.24, 2.45) is 0 Å². The second-order valence-corrected chi connectivity index (χ2v) is 5.29. The van der Waals surface area contributed by atoms with Gasteiger partial charge in [0.2, 0.25) is 0 Å². The summed E-state index contributed by atoms with van der Waals surface area (Å²) in [4.78, 5) is 11.8. The average Bonchev–Trinajstić information content (AvgIpc) is 2.42. The number of hydrogen-bond acceptors (Lipinski definition) is 3. The second-order valence-electron chi connectivity index (χ2n) is 4.00. The van der Waals surface area contributed by atoms with Crippen LogP contribution in [-0.4, -0.2) is 12.5 Å². The van der Waals surface area contributed by atoms with Gasteiger partial charge >= 0.3 is 0 Å². The lowest BCUT2D eigenvalue weighted by molar-refractivity contribution is -0.118. The van der Waals surface area contributed by atoms with Crippen molar-refractivity contribution in [1.82, 2.24) is 0 Å². The van der Waals surface area contributed by atoms with Crippen LogP contribution >= 0.6 is 27.5 Å². The van der Waals surface area contributed by atoms with E-state index in [1.165, 1.54) is 0 Å². The highest BCUT2D eigenvalue weighted by Crippen LogP contribution is 2.25. The van der Waals surface area contributed by atoms with Gasteiger partial charge in [0.15, 0.2) is 6.61 Å². The molecule has 3 N–H and O–H groups in total. The van der Waals surface area contributed by atoms with Gasteiger partial charge in [0.25, 0.3) is 5.91 Å². The van der Waals surface area contributed by atoms with Crippen molar-refractivity contribution in [3.8, 4) is 5.75 Å². The SMILES string of the molecule is Nc1ccc(Cl)cc1OCC(=O)Nc1ccccc1Br. The fraction of sp³-hybridized carbons (Fsp3) is 0.0714. The van der Waals surface area contributed by atoms with Crippen LogP contribution < -0.4 is 15.8 Å². The molecule has 104 valence electrons. The third kappa shape index (κ3) is 3.88. The zero-order valence-electron chi connectivity index (χ0n) is 10.4. The number of hydrogen-bond donors (Lipinski definition) is 2. The van der Waals surface area contributed by atoms with E-state index in [0.29, 0.717) is 22.1 Å². The number of nitrogens with two attached hydrogens (primary N) is 1. The van der Waals surface area contributed by atoms with E-state index in [-0.39, 0.29) is 12.5 Å². The first-order chi connectivity index (χ1) is 9.56. The summed E-state index contributed by atoms with van der Waals surface area (Å²) >= 11 is 9.19. The van der Waals surface area contributed by atoms with E-state index in [1.807, 2.05) is 18.2 Å². The van der Waals surface area contributed by atoms with Gasteiger partial charge in [-0.05, 0) is 40.2 Å². The maximum atomic E-state index is 11.8. The van der Waals surface area contributed by atoms with Gasteiger partial charge in [-0.2, -0.15) is 0 Å². The lowest BCUT2D eigenvalue weighted by Gasteiger charge is -2.10. The molecular weight excluding hydrogens is 344 g/mol. The van der Waals surface area contributed by atoms with E-state index in [2.05, 4.69) is 21.2 Å². The standard InChI is InChI=1S/C14H12BrClN2O2/c15-10-3-1-2-4-12(10)18-14(19)8-20-13-7-9(16)5-6-11(13)17/h1-7H,8,17H2,(H,18,19). The first kappa shape index (κ1) is 14.7. The van der Waals surface area contributed by atoms with Crippen LogP contribution in [0.5, 0.6) is 5.75 Å². The van der Waals surface area contributed by atoms with Crippen LogP contribution in [0.3, 0.4) is 0 Å². The minimum Gasteiger partial charge on any atom is -0.482 e. The molecule has 0 bridgehead atoms. The summed E-state index contributed by atoms with van der Waals surface area (Å²) in [6.07, 6.45) is 0. The second kappa shape index (κ2) is 6.63. The fourth-order valence-electron chi connectivity index (χ4n) is 1.53. The summed E-state index contributed by atoms with van der Waals surface area (Å²) in [7, 11) is 0. The summed E-state index contributed by atoms with van der Waals surface area (Å²) in [5.41, 5.74) is 6.84. The minimum absolute atomic E-state index is 0.147. The van der Waals surface area contributed by atoms with Crippen LogP contribution in [0.4, 0.5) is 11.4 Å². The summed E-state index contributed by atoms with van der Waals surface area (Å²) in [5.74, 6) is 0.107. The molecular formula is C14H12BrClN2O2. The highest BCUT2D eigenvalue weighted by atomic mass is 79.9. The molecule has 0 spiro atoms. The van der Waals surface area contributed by atoms with Crippen molar-refractivity contribution in [3.63, 3.8) is 0 Å². The fourth-order valence-corrected chi connectivity index (χ4v) is 2.07.